The zero-order chi connectivity index (χ0) is 93.6. The molecule has 1 fully saturated rings. The Morgan fingerprint density at radius 1 is 0.389 bits per heavy atom. The van der Waals surface area contributed by atoms with Gasteiger partial charge in [0.2, 0.25) is 11.7 Å². The number of rotatable bonds is 36. The third-order valence-corrected chi connectivity index (χ3v) is 25.7. The molecule has 1 aliphatic carbocycles. The van der Waals surface area contributed by atoms with Crippen LogP contribution in [-0.2, 0) is 41.4 Å². The first-order valence-corrected chi connectivity index (χ1v) is 47.9. The van der Waals surface area contributed by atoms with E-state index in [2.05, 4.69) is 122 Å². The number of sulfonamides is 3. The summed E-state index contributed by atoms with van der Waals surface area (Å²) in [5.74, 6) is -1.65. The molecule has 0 bridgehead atoms. The van der Waals surface area contributed by atoms with E-state index >= 15 is 0 Å². The molecule has 9 N–H and O–H groups in total. The van der Waals surface area contributed by atoms with Gasteiger partial charge in [-0.2, -0.15) is 4.98 Å². The molecular formula is C101H111N13O14S3. The van der Waals surface area contributed by atoms with Gasteiger partial charge in [0.25, 0.3) is 71.4 Å². The van der Waals surface area contributed by atoms with Gasteiger partial charge in [0.1, 0.15) is 0 Å². The molecule has 0 spiro atoms. The Morgan fingerprint density at radius 2 is 0.840 bits per heavy atom. The van der Waals surface area contributed by atoms with Crippen molar-refractivity contribution in [3.05, 3.63) is 324 Å². The van der Waals surface area contributed by atoms with E-state index < -0.39 is 59.7 Å². The van der Waals surface area contributed by atoms with Crippen molar-refractivity contribution in [3.63, 3.8) is 0 Å². The van der Waals surface area contributed by atoms with Crippen LogP contribution in [0.1, 0.15) is 167 Å². The van der Waals surface area contributed by atoms with Crippen molar-refractivity contribution in [2.24, 2.45) is 23.7 Å². The molecule has 11 aromatic carbocycles. The van der Waals surface area contributed by atoms with Crippen LogP contribution in [-0.4, -0.2) is 117 Å². The van der Waals surface area contributed by atoms with Gasteiger partial charge in [-0.05, 0) is 207 Å². The van der Waals surface area contributed by atoms with E-state index in [4.69, 9.17) is 4.52 Å². The van der Waals surface area contributed by atoms with Gasteiger partial charge < -0.3 is 46.2 Å². The van der Waals surface area contributed by atoms with Crippen LogP contribution in [0.25, 0.3) is 22.8 Å². The van der Waals surface area contributed by atoms with E-state index in [9.17, 15) is 58.8 Å². The van der Waals surface area contributed by atoms with Crippen molar-refractivity contribution in [2.75, 3.05) is 70.1 Å². The molecule has 27 nitrogen and oxygen atoms in total. The molecule has 131 heavy (non-hydrogen) atoms. The van der Waals surface area contributed by atoms with Crippen LogP contribution in [0.4, 0.5) is 39.8 Å². The van der Waals surface area contributed by atoms with Gasteiger partial charge in [-0.15, -0.1) is 0 Å². The van der Waals surface area contributed by atoms with Crippen molar-refractivity contribution in [2.45, 2.75) is 127 Å². The molecule has 0 radical (unpaired) electrons. The summed E-state index contributed by atoms with van der Waals surface area (Å²) < 4.78 is 88.1. The van der Waals surface area contributed by atoms with Crippen molar-refractivity contribution < 1.29 is 63.3 Å². The molecule has 1 aliphatic rings. The predicted octanol–water partition coefficient (Wildman–Crippen LogP) is 18.4. The van der Waals surface area contributed by atoms with Gasteiger partial charge in [-0.1, -0.05) is 205 Å². The second kappa shape index (κ2) is 46.8. The van der Waals surface area contributed by atoms with Crippen LogP contribution < -0.4 is 55.9 Å². The average Bonchev–Trinajstić information content (AvgIpc) is 1.78. The van der Waals surface area contributed by atoms with E-state index in [-0.39, 0.29) is 78.8 Å². The van der Waals surface area contributed by atoms with E-state index in [1.165, 1.54) is 60.7 Å². The van der Waals surface area contributed by atoms with Crippen LogP contribution in [0.3, 0.4) is 0 Å². The molecule has 0 aliphatic heterocycles. The molecule has 13 rings (SSSR count). The van der Waals surface area contributed by atoms with Crippen LogP contribution >= 0.6 is 0 Å². The number of hydrogen-bond donors (Lipinski definition) is 9. The monoisotopic (exact) mass is 1830 g/mol. The van der Waals surface area contributed by atoms with Crippen LogP contribution in [0.2, 0.25) is 0 Å². The summed E-state index contributed by atoms with van der Waals surface area (Å²) in [4.78, 5) is 101. The highest BCUT2D eigenvalue weighted by Crippen LogP contribution is 2.35. The summed E-state index contributed by atoms with van der Waals surface area (Å²) in [5.41, 5.74) is 8.44. The van der Waals surface area contributed by atoms with E-state index in [0.717, 1.165) is 87.1 Å². The maximum atomic E-state index is 13.7. The number of aromatic nitrogens is 2. The number of carbonyl (C=O) groups excluding carboxylic acids is 7. The Hall–Kier alpha value is -14.1. The SMILES string of the molecule is CC(C)CCN(C)c1ccc(-c2noc(-c3cccc(C(=O)NS(=O)(=O)c4ccccc4)c3)n2)cc1NC(=O)c1ccccc1.CC(C)CCN(C)c1ccc(C(=O)NC(CC(=O)NS(=O)(=O)c2ccccc2)C2CCCCC2)cc1NCc1ccccc1.CC(C)CCNc1ccc(C(=O)Nc2ccccc2C(=O)NS(=O)(=O)c2ccccc2)cc1NC(=O)c1ccccc1. The van der Waals surface area contributed by atoms with Crippen molar-refractivity contribution in [1.29, 1.82) is 0 Å². The Kier molecular flexibility index (Phi) is 34.8. The first-order chi connectivity index (χ1) is 62.9. The van der Waals surface area contributed by atoms with Crippen LogP contribution in [0, 0.1) is 23.7 Å². The Morgan fingerprint density at radius 3 is 1.40 bits per heavy atom. The molecule has 682 valence electrons. The minimum absolute atomic E-state index is 0.0208. The summed E-state index contributed by atoms with van der Waals surface area (Å²) >= 11 is 0. The molecule has 30 heteroatoms. The topological polar surface area (TPSA) is 376 Å². The molecule has 1 heterocycles. The number of amides is 7. The number of hydrogen-bond acceptors (Lipinski definition) is 20. The van der Waals surface area contributed by atoms with Gasteiger partial charge in [-0.25, -0.2) is 39.4 Å². The molecule has 7 amide bonds. The fourth-order valence-corrected chi connectivity index (χ4v) is 17.3. The normalized spacial score (nSPS) is 12.3. The van der Waals surface area contributed by atoms with Crippen molar-refractivity contribution >= 4 is 111 Å². The first-order valence-electron chi connectivity index (χ1n) is 43.5. The zero-order valence-corrected chi connectivity index (χ0v) is 76.9. The zero-order valence-electron chi connectivity index (χ0n) is 74.4. The van der Waals surface area contributed by atoms with Gasteiger partial charge in [0.05, 0.1) is 60.1 Å². The second-order valence-corrected chi connectivity index (χ2v) is 38.1. The minimum Gasteiger partial charge on any atom is -0.383 e. The third kappa shape index (κ3) is 28.7. The van der Waals surface area contributed by atoms with Crippen LogP contribution in [0.5, 0.6) is 0 Å². The van der Waals surface area contributed by atoms with Gasteiger partial charge in [0.15, 0.2) is 0 Å². The lowest BCUT2D eigenvalue weighted by molar-refractivity contribution is -0.120. The van der Waals surface area contributed by atoms with E-state index in [1.807, 2.05) is 84.6 Å². The standard InChI is InChI=1S/C35H46N4O4S.C34H33N5O5S.C32H32N4O5S/c1-26(2)21-22-39(3)33-20-19-29(23-32(33)36-25-27-13-7-4-8-14-27)35(41)37-31(28-15-9-5-10-16-28)24-34(40)38-44(42,43)30-17-11-6-12-18-30;1-23(2)19-20-39(3)30-18-17-25(22-29(30)35-32(40)24-11-6-4-7-12-24)31-36-34(44-37-31)27-14-10-13-26(21-27)33(41)38-45(42,43)28-15-8-5-9-16-28;1-22(2)19-20-33-28-18-17-24(21-29(28)35-30(37)23-11-5-3-6-12-23)31(38)34-27-16-10-9-15-26(27)32(39)36-42(40,41)25-13-7-4-8-14-25/h4,6-8,11-14,17-20,23,26,28,31,36H,5,9-10,15-16,21-22,24-25H2,1-3H3,(H,37,41)(H,38,40);4-18,21-23H,19-20H2,1-3H3,(H,35,40)(H,38,41);3-18,21-22,33H,19-20H2,1-2H3,(H,34,38)(H,35,37)(H,36,39). The van der Waals surface area contributed by atoms with Crippen molar-refractivity contribution in [1.82, 2.24) is 29.6 Å². The van der Waals surface area contributed by atoms with E-state index in [1.54, 1.807) is 140 Å². The number of benzene rings is 11. The maximum Gasteiger partial charge on any atom is 0.267 e. The summed E-state index contributed by atoms with van der Waals surface area (Å²) in [6.07, 6.45) is 7.74. The fraction of sp³-hybridized carbons (Fsp3) is 0.257. The maximum absolute atomic E-state index is 13.7. The molecule has 12 aromatic rings. The largest absolute Gasteiger partial charge is 0.383 e. The lowest BCUT2D eigenvalue weighted by atomic mass is 9.82. The predicted molar refractivity (Wildman–Crippen MR) is 515 cm³/mol. The summed E-state index contributed by atoms with van der Waals surface area (Å²) in [5, 5.41) is 22.7. The lowest BCUT2D eigenvalue weighted by Crippen LogP contribution is -2.45. The third-order valence-electron chi connectivity index (χ3n) is 21.7. The number of nitrogens with zero attached hydrogens (tertiary/aromatic N) is 4. The Balaban J connectivity index is 0.000000190. The highest BCUT2D eigenvalue weighted by molar-refractivity contribution is 7.90. The highest BCUT2D eigenvalue weighted by Gasteiger charge is 2.31. The Labute approximate surface area is 766 Å². The number of para-hydroxylation sites is 1. The molecular weight excluding hydrogens is 1720 g/mol. The Bertz CT molecular complexity index is 6250. The number of carbonyl (C=O) groups is 7. The first kappa shape index (κ1) is 97.5. The molecule has 1 atom stereocenters. The summed E-state index contributed by atoms with van der Waals surface area (Å²) in [6.45, 7) is 15.9. The smallest absolute Gasteiger partial charge is 0.267 e. The van der Waals surface area contributed by atoms with Gasteiger partial charge >= 0.3 is 0 Å². The number of anilines is 7. The van der Waals surface area contributed by atoms with Crippen LogP contribution in [0.15, 0.2) is 304 Å². The highest BCUT2D eigenvalue weighted by atomic mass is 32.2. The van der Waals surface area contributed by atoms with Gasteiger partial charge in [-0.3, -0.25) is 33.6 Å². The fourth-order valence-electron chi connectivity index (χ4n) is 14.3. The van der Waals surface area contributed by atoms with Gasteiger partial charge in [0, 0.05) is 91.7 Å². The molecule has 1 saturated carbocycles. The molecule has 1 aromatic heterocycles. The summed E-state index contributed by atoms with van der Waals surface area (Å²) in [7, 11) is -8.13. The van der Waals surface area contributed by atoms with Crippen molar-refractivity contribution in [3.8, 4) is 22.8 Å². The lowest BCUT2D eigenvalue weighted by Gasteiger charge is -2.31. The summed E-state index contributed by atoms with van der Waals surface area (Å²) in [6, 6.07) is 78.7. The molecule has 1 unspecified atom stereocenters. The minimum atomic E-state index is -4.12. The van der Waals surface area contributed by atoms with E-state index in [0.29, 0.717) is 75.7 Å². The quantitative estimate of drug-likeness (QED) is 0.0176. The second-order valence-electron chi connectivity index (χ2n) is 33.0. The molecule has 0 saturated heterocycles. The average molecular weight is 1830 g/mol. The number of nitrogens with one attached hydrogen (secondary N) is 9.